The molecule has 0 aliphatic heterocycles. The van der Waals surface area contributed by atoms with Crippen LogP contribution in [0.1, 0.15) is 77.6 Å². The van der Waals surface area contributed by atoms with Gasteiger partial charge in [-0.3, -0.25) is 4.79 Å². The Labute approximate surface area is 164 Å². The zero-order valence-corrected chi connectivity index (χ0v) is 16.7. The number of ether oxygens (including phenoxy) is 1. The van der Waals surface area contributed by atoms with E-state index in [9.17, 15) is 4.79 Å². The van der Waals surface area contributed by atoms with E-state index in [0.29, 0.717) is 11.3 Å². The van der Waals surface area contributed by atoms with Crippen LogP contribution in [-0.4, -0.2) is 17.7 Å². The molecule has 3 heteroatoms. The largest absolute Gasteiger partial charge is 0.494 e. The Kier molecular flexibility index (Phi) is 7.05. The summed E-state index contributed by atoms with van der Waals surface area (Å²) in [5.41, 5.74) is 0.620. The minimum atomic E-state index is -0.781. The summed E-state index contributed by atoms with van der Waals surface area (Å²) in [6, 6.07) is 0. The fourth-order valence-electron chi connectivity index (χ4n) is 5.40. The molecule has 3 unspecified atom stereocenters. The predicted molar refractivity (Wildman–Crippen MR) is 108 cm³/mol. The molecule has 0 bridgehead atoms. The molecule has 0 amide bonds. The van der Waals surface area contributed by atoms with Crippen LogP contribution in [-0.2, 0) is 9.53 Å². The molecule has 3 nitrogen and oxygen atoms in total. The fraction of sp³-hybridized carbons (Fsp3) is 0.708. The van der Waals surface area contributed by atoms with Crippen molar-refractivity contribution in [2.24, 2.45) is 23.2 Å². The van der Waals surface area contributed by atoms with Gasteiger partial charge in [0.25, 0.3) is 0 Å². The van der Waals surface area contributed by atoms with Crippen LogP contribution >= 0.6 is 0 Å². The van der Waals surface area contributed by atoms with Crippen molar-refractivity contribution in [3.63, 3.8) is 0 Å². The van der Waals surface area contributed by atoms with Crippen molar-refractivity contribution in [1.29, 1.82) is 0 Å². The van der Waals surface area contributed by atoms with Gasteiger partial charge in [-0.05, 0) is 74.9 Å². The second-order valence-corrected chi connectivity index (χ2v) is 8.80. The summed E-state index contributed by atoms with van der Waals surface area (Å²) >= 11 is 0. The monoisotopic (exact) mass is 370 g/mol. The van der Waals surface area contributed by atoms with Gasteiger partial charge in [0.2, 0.25) is 0 Å². The van der Waals surface area contributed by atoms with Crippen molar-refractivity contribution in [3.05, 3.63) is 24.0 Å². The first-order valence-electron chi connectivity index (χ1n) is 10.8. The van der Waals surface area contributed by atoms with E-state index in [-0.39, 0.29) is 18.3 Å². The number of carbonyl (C=O) groups is 1. The van der Waals surface area contributed by atoms with Crippen LogP contribution in [0.15, 0.2) is 24.0 Å². The Hall–Kier alpha value is -1.69. The fourth-order valence-corrected chi connectivity index (χ4v) is 5.40. The van der Waals surface area contributed by atoms with Gasteiger partial charge in [0, 0.05) is 5.92 Å². The van der Waals surface area contributed by atoms with Crippen LogP contribution < -0.4 is 0 Å². The normalized spacial score (nSPS) is 28.0. The Balaban J connectivity index is 1.48. The highest BCUT2D eigenvalue weighted by atomic mass is 16.5. The Morgan fingerprint density at radius 1 is 1.30 bits per heavy atom. The van der Waals surface area contributed by atoms with Crippen molar-refractivity contribution in [1.82, 2.24) is 0 Å². The van der Waals surface area contributed by atoms with Crippen molar-refractivity contribution in [3.8, 4) is 11.8 Å². The van der Waals surface area contributed by atoms with Crippen molar-refractivity contribution in [2.45, 2.75) is 77.6 Å². The summed E-state index contributed by atoms with van der Waals surface area (Å²) in [4.78, 5) is 11.1. The van der Waals surface area contributed by atoms with Gasteiger partial charge in [0.15, 0.2) is 0 Å². The average Bonchev–Trinajstić information content (AvgIpc) is 2.67. The summed E-state index contributed by atoms with van der Waals surface area (Å²) in [5, 5.41) is 9.09. The second kappa shape index (κ2) is 9.49. The molecule has 3 atom stereocenters. The van der Waals surface area contributed by atoms with Gasteiger partial charge in [-0.2, -0.15) is 0 Å². The Morgan fingerprint density at radius 3 is 2.74 bits per heavy atom. The van der Waals surface area contributed by atoms with Crippen LogP contribution in [0.2, 0.25) is 0 Å². The molecule has 0 radical (unpaired) electrons. The highest BCUT2D eigenvalue weighted by Crippen LogP contribution is 2.49. The molecule has 0 heterocycles. The van der Waals surface area contributed by atoms with Crippen molar-refractivity contribution < 1.29 is 14.6 Å². The standard InChI is InChI=1S/C24H34O3/c1-2-7-21(16-23(25)26)20-9-11-22(12-10-20)27-18-19-8-6-15-24(17-19)13-4-3-5-14-24/h9,11-12,19-21H,3-6,8,10,13-18H2,1H3,(H,25,26). The number of hydrogen-bond donors (Lipinski definition) is 1. The lowest BCUT2D eigenvalue weighted by Gasteiger charge is -2.43. The molecule has 3 aliphatic carbocycles. The number of carboxylic acids is 1. The number of allylic oxidation sites excluding steroid dienone is 3. The van der Waals surface area contributed by atoms with E-state index in [1.807, 2.05) is 6.08 Å². The number of carboxylic acid groups (broad SMARTS) is 1. The van der Waals surface area contributed by atoms with E-state index in [0.717, 1.165) is 18.8 Å². The maximum Gasteiger partial charge on any atom is 0.304 e. The first-order chi connectivity index (χ1) is 13.1. The maximum absolute atomic E-state index is 11.1. The molecule has 3 aliphatic rings. The Morgan fingerprint density at radius 2 is 2.07 bits per heavy atom. The van der Waals surface area contributed by atoms with E-state index in [4.69, 9.17) is 9.84 Å². The van der Waals surface area contributed by atoms with Crippen molar-refractivity contribution in [2.75, 3.05) is 6.61 Å². The molecule has 27 heavy (non-hydrogen) atoms. The molecule has 148 valence electrons. The van der Waals surface area contributed by atoms with E-state index >= 15 is 0 Å². The SMILES string of the molecule is CC#CC(CC(=O)O)C1C=CC(OCC2CCCC3(CCCCC3)C2)=CC1. The van der Waals surface area contributed by atoms with E-state index < -0.39 is 5.97 Å². The lowest BCUT2D eigenvalue weighted by molar-refractivity contribution is -0.137. The molecule has 3 rings (SSSR count). The Bertz CT molecular complexity index is 622. The van der Waals surface area contributed by atoms with Gasteiger partial charge in [0.1, 0.15) is 5.76 Å². The van der Waals surface area contributed by atoms with Crippen LogP contribution in [0.5, 0.6) is 0 Å². The van der Waals surface area contributed by atoms with Gasteiger partial charge in [-0.25, -0.2) is 0 Å². The zero-order chi connectivity index (χ0) is 19.1. The summed E-state index contributed by atoms with van der Waals surface area (Å²) in [6.07, 6.45) is 19.7. The molecule has 0 aromatic carbocycles. The first-order valence-corrected chi connectivity index (χ1v) is 10.8. The third-order valence-corrected chi connectivity index (χ3v) is 6.78. The maximum atomic E-state index is 11.1. The topological polar surface area (TPSA) is 46.5 Å². The van der Waals surface area contributed by atoms with Crippen molar-refractivity contribution >= 4 is 5.97 Å². The third kappa shape index (κ3) is 5.64. The van der Waals surface area contributed by atoms with Gasteiger partial charge in [-0.15, -0.1) is 5.92 Å². The molecule has 0 aromatic heterocycles. The quantitative estimate of drug-likeness (QED) is 0.608. The third-order valence-electron chi connectivity index (χ3n) is 6.78. The van der Waals surface area contributed by atoms with Gasteiger partial charge >= 0.3 is 5.97 Å². The molecule has 1 spiro atoms. The molecular weight excluding hydrogens is 336 g/mol. The minimum Gasteiger partial charge on any atom is -0.494 e. The lowest BCUT2D eigenvalue weighted by Crippen LogP contribution is -2.32. The number of rotatable bonds is 6. The summed E-state index contributed by atoms with van der Waals surface area (Å²) in [6.45, 7) is 2.60. The predicted octanol–water partition coefficient (Wildman–Crippen LogP) is 5.72. The molecule has 0 aromatic rings. The summed E-state index contributed by atoms with van der Waals surface area (Å²) < 4.78 is 6.15. The van der Waals surface area contributed by atoms with Gasteiger partial charge < -0.3 is 9.84 Å². The summed E-state index contributed by atoms with van der Waals surface area (Å²) in [5.74, 6) is 6.85. The minimum absolute atomic E-state index is 0.101. The number of hydrogen-bond acceptors (Lipinski definition) is 2. The van der Waals surface area contributed by atoms with Gasteiger partial charge in [-0.1, -0.05) is 37.7 Å². The van der Waals surface area contributed by atoms with E-state index in [1.54, 1.807) is 6.92 Å². The lowest BCUT2D eigenvalue weighted by atomic mass is 9.63. The van der Waals surface area contributed by atoms with Crippen LogP contribution in [0.3, 0.4) is 0 Å². The first kappa shape index (κ1) is 20.1. The zero-order valence-electron chi connectivity index (χ0n) is 16.7. The molecule has 0 saturated heterocycles. The van der Waals surface area contributed by atoms with Crippen LogP contribution in [0, 0.1) is 35.0 Å². The second-order valence-electron chi connectivity index (χ2n) is 8.80. The molecular formula is C24H34O3. The molecule has 2 saturated carbocycles. The molecule has 1 N–H and O–H groups in total. The van der Waals surface area contributed by atoms with E-state index in [2.05, 4.69) is 24.0 Å². The average molecular weight is 371 g/mol. The van der Waals surface area contributed by atoms with Crippen LogP contribution in [0.25, 0.3) is 0 Å². The van der Waals surface area contributed by atoms with E-state index in [1.165, 1.54) is 57.8 Å². The smallest absolute Gasteiger partial charge is 0.304 e. The highest BCUT2D eigenvalue weighted by Gasteiger charge is 2.37. The highest BCUT2D eigenvalue weighted by molar-refractivity contribution is 5.67. The molecule has 2 fully saturated rings. The summed E-state index contributed by atoms with van der Waals surface area (Å²) in [7, 11) is 0. The number of aliphatic carboxylic acids is 1. The van der Waals surface area contributed by atoms with Crippen LogP contribution in [0.4, 0.5) is 0 Å². The van der Waals surface area contributed by atoms with Gasteiger partial charge in [0.05, 0.1) is 13.0 Å².